The summed E-state index contributed by atoms with van der Waals surface area (Å²) in [7, 11) is 5.82. The van der Waals surface area contributed by atoms with Crippen molar-refractivity contribution in [2.75, 3.05) is 41.7 Å². The highest BCUT2D eigenvalue weighted by atomic mass is 16.6. The Labute approximate surface area is 218 Å². The van der Waals surface area contributed by atoms with Crippen molar-refractivity contribution < 1.29 is 42.7 Å². The van der Waals surface area contributed by atoms with Crippen molar-refractivity contribution in [2.24, 2.45) is 5.10 Å². The van der Waals surface area contributed by atoms with Gasteiger partial charge >= 0.3 is 5.97 Å². The van der Waals surface area contributed by atoms with Crippen LogP contribution >= 0.6 is 0 Å². The van der Waals surface area contributed by atoms with Crippen LogP contribution in [0.3, 0.4) is 0 Å². The molecule has 0 radical (unpaired) electrons. The van der Waals surface area contributed by atoms with E-state index in [1.54, 1.807) is 36.4 Å². The lowest BCUT2D eigenvalue weighted by atomic mass is 10.1. The molecule has 1 N–H and O–H groups in total. The number of methoxy groups -OCH3 is 4. The third-order valence-corrected chi connectivity index (χ3v) is 5.47. The van der Waals surface area contributed by atoms with Crippen molar-refractivity contribution in [3.05, 3.63) is 65.2 Å². The fourth-order valence-electron chi connectivity index (χ4n) is 3.62. The third-order valence-electron chi connectivity index (χ3n) is 5.47. The number of fused-ring (bicyclic) bond motifs is 1. The van der Waals surface area contributed by atoms with Gasteiger partial charge in [-0.2, -0.15) is 5.10 Å². The highest BCUT2D eigenvalue weighted by molar-refractivity contribution is 5.96. The number of rotatable bonds is 9. The molecule has 0 aliphatic carbocycles. The van der Waals surface area contributed by atoms with Gasteiger partial charge in [0.25, 0.3) is 5.91 Å². The number of amides is 1. The molecule has 3 aromatic rings. The number of carbonyl (C=O) groups is 2. The summed E-state index contributed by atoms with van der Waals surface area (Å²) in [5, 5.41) is 4.00. The molecule has 0 spiro atoms. The predicted octanol–water partition coefficient (Wildman–Crippen LogP) is 3.48. The Morgan fingerprint density at radius 2 is 1.45 bits per heavy atom. The van der Waals surface area contributed by atoms with E-state index in [1.165, 1.54) is 46.8 Å². The quantitative estimate of drug-likeness (QED) is 0.195. The first-order valence-corrected chi connectivity index (χ1v) is 11.4. The van der Waals surface area contributed by atoms with Gasteiger partial charge in [-0.15, -0.1) is 0 Å². The maximum Gasteiger partial charge on any atom is 0.343 e. The molecule has 0 atom stereocenters. The first-order chi connectivity index (χ1) is 18.5. The van der Waals surface area contributed by atoms with Gasteiger partial charge in [0.15, 0.2) is 34.5 Å². The minimum Gasteiger partial charge on any atom is -0.493 e. The van der Waals surface area contributed by atoms with Gasteiger partial charge in [-0.25, -0.2) is 10.2 Å². The lowest BCUT2D eigenvalue weighted by molar-refractivity contribution is 0.0728. The maximum atomic E-state index is 12.9. The van der Waals surface area contributed by atoms with Gasteiger partial charge in [-0.3, -0.25) is 4.79 Å². The Balaban J connectivity index is 1.44. The fraction of sp³-hybridized carbons (Fsp3) is 0.222. The molecular weight excluding hydrogens is 496 g/mol. The molecule has 1 aliphatic rings. The number of hydrazone groups is 1. The Kier molecular flexibility index (Phi) is 8.17. The first-order valence-electron chi connectivity index (χ1n) is 11.4. The van der Waals surface area contributed by atoms with E-state index in [0.29, 0.717) is 53.1 Å². The summed E-state index contributed by atoms with van der Waals surface area (Å²) in [5.41, 5.74) is 3.62. The van der Waals surface area contributed by atoms with Crippen LogP contribution in [0.2, 0.25) is 0 Å². The van der Waals surface area contributed by atoms with Gasteiger partial charge in [0.05, 0.1) is 40.2 Å². The van der Waals surface area contributed by atoms with Gasteiger partial charge in [0, 0.05) is 5.56 Å². The zero-order valence-corrected chi connectivity index (χ0v) is 21.2. The second-order valence-corrected chi connectivity index (χ2v) is 7.77. The summed E-state index contributed by atoms with van der Waals surface area (Å²) >= 11 is 0. The van der Waals surface area contributed by atoms with Gasteiger partial charge in [-0.05, 0) is 54.1 Å². The molecular formula is C27H26N2O9. The molecule has 0 unspecified atom stereocenters. The average molecular weight is 523 g/mol. The van der Waals surface area contributed by atoms with Crippen molar-refractivity contribution in [1.82, 2.24) is 5.43 Å². The van der Waals surface area contributed by atoms with E-state index >= 15 is 0 Å². The molecule has 0 saturated heterocycles. The van der Waals surface area contributed by atoms with Crippen LogP contribution in [0, 0.1) is 0 Å². The number of nitrogens with zero attached hydrogens (tertiary/aromatic N) is 1. The number of benzene rings is 3. The number of esters is 1. The number of nitrogens with one attached hydrogen (secondary N) is 1. The number of ether oxygens (including phenoxy) is 7. The predicted molar refractivity (Wildman–Crippen MR) is 137 cm³/mol. The van der Waals surface area contributed by atoms with Gasteiger partial charge < -0.3 is 33.2 Å². The summed E-state index contributed by atoms with van der Waals surface area (Å²) in [4.78, 5) is 25.3. The van der Waals surface area contributed by atoms with Gasteiger partial charge in [-0.1, -0.05) is 0 Å². The van der Waals surface area contributed by atoms with E-state index in [2.05, 4.69) is 10.5 Å². The lowest BCUT2D eigenvalue weighted by Gasteiger charge is -2.18. The Bertz CT molecular complexity index is 1350. The van der Waals surface area contributed by atoms with Crippen LogP contribution in [-0.2, 0) is 0 Å². The van der Waals surface area contributed by atoms with Crippen LogP contribution in [0.5, 0.6) is 40.2 Å². The summed E-state index contributed by atoms with van der Waals surface area (Å²) in [6.07, 6.45) is 1.43. The third kappa shape index (κ3) is 5.72. The molecule has 0 bridgehead atoms. The van der Waals surface area contributed by atoms with E-state index in [-0.39, 0.29) is 17.1 Å². The molecule has 4 rings (SSSR count). The molecule has 11 nitrogen and oxygen atoms in total. The molecule has 198 valence electrons. The Hall–Kier alpha value is -4.93. The smallest absolute Gasteiger partial charge is 0.343 e. The van der Waals surface area contributed by atoms with E-state index in [0.717, 1.165) is 0 Å². The van der Waals surface area contributed by atoms with Crippen LogP contribution in [0.25, 0.3) is 0 Å². The first kappa shape index (κ1) is 26.1. The molecule has 0 saturated carbocycles. The minimum absolute atomic E-state index is 0.184. The molecule has 1 heterocycles. The largest absolute Gasteiger partial charge is 0.493 e. The summed E-state index contributed by atoms with van der Waals surface area (Å²) < 4.78 is 37.8. The fourth-order valence-corrected chi connectivity index (χ4v) is 3.62. The number of hydrogen-bond donors (Lipinski definition) is 1. The summed E-state index contributed by atoms with van der Waals surface area (Å²) in [5.74, 6) is 1.48. The molecule has 1 amide bonds. The summed E-state index contributed by atoms with van der Waals surface area (Å²) in [6, 6.07) is 12.7. The second-order valence-electron chi connectivity index (χ2n) is 7.77. The van der Waals surface area contributed by atoms with Crippen molar-refractivity contribution >= 4 is 18.1 Å². The van der Waals surface area contributed by atoms with Crippen molar-refractivity contribution in [2.45, 2.75) is 0 Å². The lowest BCUT2D eigenvalue weighted by Crippen LogP contribution is -2.19. The summed E-state index contributed by atoms with van der Waals surface area (Å²) in [6.45, 7) is 0.890. The van der Waals surface area contributed by atoms with Crippen LogP contribution < -0.4 is 38.6 Å². The van der Waals surface area contributed by atoms with Crippen molar-refractivity contribution in [3.8, 4) is 40.2 Å². The average Bonchev–Trinajstić information content (AvgIpc) is 2.96. The Morgan fingerprint density at radius 3 is 2.11 bits per heavy atom. The Morgan fingerprint density at radius 1 is 0.763 bits per heavy atom. The van der Waals surface area contributed by atoms with Gasteiger partial charge in [0.2, 0.25) is 5.75 Å². The topological polar surface area (TPSA) is 123 Å². The van der Waals surface area contributed by atoms with E-state index < -0.39 is 11.9 Å². The molecule has 11 heteroatoms. The van der Waals surface area contributed by atoms with Crippen molar-refractivity contribution in [1.29, 1.82) is 0 Å². The van der Waals surface area contributed by atoms with E-state index in [1.807, 2.05) is 0 Å². The molecule has 3 aromatic carbocycles. The number of carbonyl (C=O) groups excluding carboxylic acids is 2. The molecule has 1 aliphatic heterocycles. The highest BCUT2D eigenvalue weighted by Gasteiger charge is 2.20. The molecule has 0 aromatic heterocycles. The minimum atomic E-state index is -0.657. The molecule has 0 fully saturated rings. The second kappa shape index (κ2) is 11.9. The van der Waals surface area contributed by atoms with E-state index in [9.17, 15) is 9.59 Å². The standard InChI is InChI=1S/C27H26N2O9/c1-32-21-11-16(15-28-29-26(30)17-6-8-19-22(12-17)37-10-9-36-19)5-7-20(21)38-27(31)18-13-23(33-2)25(35-4)24(14-18)34-3/h5-8,11-15H,9-10H2,1-4H3,(H,29,30). The maximum absolute atomic E-state index is 12.9. The SMILES string of the molecule is COc1cc(C=NNC(=O)c2ccc3c(c2)OCCO3)ccc1OC(=O)c1cc(OC)c(OC)c(OC)c1. The highest BCUT2D eigenvalue weighted by Crippen LogP contribution is 2.39. The number of hydrogen-bond acceptors (Lipinski definition) is 10. The zero-order valence-electron chi connectivity index (χ0n) is 21.2. The normalized spacial score (nSPS) is 12.0. The van der Waals surface area contributed by atoms with Crippen LogP contribution in [0.1, 0.15) is 26.3 Å². The monoisotopic (exact) mass is 522 g/mol. The van der Waals surface area contributed by atoms with Gasteiger partial charge in [0.1, 0.15) is 13.2 Å². The van der Waals surface area contributed by atoms with Crippen LogP contribution in [-0.4, -0.2) is 59.7 Å². The zero-order chi connectivity index (χ0) is 27.1. The van der Waals surface area contributed by atoms with E-state index in [4.69, 9.17) is 33.2 Å². The molecule has 38 heavy (non-hydrogen) atoms. The van der Waals surface area contributed by atoms with Crippen molar-refractivity contribution in [3.63, 3.8) is 0 Å². The van der Waals surface area contributed by atoms with Crippen LogP contribution in [0.15, 0.2) is 53.6 Å². The van der Waals surface area contributed by atoms with Crippen LogP contribution in [0.4, 0.5) is 0 Å².